The van der Waals surface area contributed by atoms with Crippen molar-refractivity contribution in [2.24, 2.45) is 4.99 Å². The number of hydrogen-bond donors (Lipinski definition) is 1. The van der Waals surface area contributed by atoms with Gasteiger partial charge in [-0.25, -0.2) is 4.99 Å². The van der Waals surface area contributed by atoms with E-state index in [1.165, 1.54) is 11.8 Å². The number of carbonyl (C=O) groups excluding carboxylic acids is 1. The lowest BCUT2D eigenvalue weighted by Gasteiger charge is -2.12. The Labute approximate surface area is 226 Å². The van der Waals surface area contributed by atoms with Crippen molar-refractivity contribution >= 4 is 94.0 Å². The number of thioether (sulfide) groups is 1. The van der Waals surface area contributed by atoms with E-state index >= 15 is 0 Å². The summed E-state index contributed by atoms with van der Waals surface area (Å²) in [5.74, 6) is 0.503. The maximum Gasteiger partial charge on any atom is 0.264 e. The number of amidine groups is 1. The van der Waals surface area contributed by atoms with E-state index in [0.717, 1.165) is 35.8 Å². The lowest BCUT2D eigenvalue weighted by molar-refractivity contribution is -0.115. The first-order chi connectivity index (χ1) is 15.8. The van der Waals surface area contributed by atoms with E-state index in [-0.39, 0.29) is 5.91 Å². The van der Waals surface area contributed by atoms with Gasteiger partial charge in [-0.1, -0.05) is 45.7 Å². The number of rotatable bonds is 5. The van der Waals surface area contributed by atoms with Crippen molar-refractivity contribution in [3.63, 3.8) is 0 Å². The van der Waals surface area contributed by atoms with Crippen molar-refractivity contribution in [3.05, 3.63) is 94.6 Å². The third-order valence-corrected chi connectivity index (χ3v) is 7.75. The Balaban J connectivity index is 1.51. The van der Waals surface area contributed by atoms with Crippen LogP contribution in [0.1, 0.15) is 16.7 Å². The Hall–Kier alpha value is -1.58. The van der Waals surface area contributed by atoms with E-state index in [2.05, 4.69) is 58.1 Å². The smallest absolute Gasteiger partial charge is 0.264 e. The Bertz CT molecular complexity index is 1270. The van der Waals surface area contributed by atoms with Crippen LogP contribution in [-0.2, 0) is 11.4 Å². The number of carbonyl (C=O) groups is 1. The summed E-state index contributed by atoms with van der Waals surface area (Å²) in [4.78, 5) is 17.6. The van der Waals surface area contributed by atoms with Gasteiger partial charge in [0, 0.05) is 9.50 Å². The average Bonchev–Trinajstić information content (AvgIpc) is 3.10. The number of benzene rings is 3. The summed E-state index contributed by atoms with van der Waals surface area (Å²) in [7, 11) is 0. The van der Waals surface area contributed by atoms with Crippen LogP contribution in [0.2, 0.25) is 5.02 Å². The van der Waals surface area contributed by atoms with Crippen LogP contribution in [-0.4, -0.2) is 11.1 Å². The summed E-state index contributed by atoms with van der Waals surface area (Å²) in [6, 6.07) is 17.3. The van der Waals surface area contributed by atoms with Crippen LogP contribution in [0.25, 0.3) is 6.08 Å². The zero-order valence-electron chi connectivity index (χ0n) is 17.2. The molecule has 1 N–H and O–H groups in total. The molecule has 0 aromatic heterocycles. The van der Waals surface area contributed by atoms with Crippen molar-refractivity contribution in [2.75, 3.05) is 0 Å². The number of nitrogens with zero attached hydrogens (tertiary/aromatic N) is 1. The van der Waals surface area contributed by atoms with Crippen LogP contribution in [0.5, 0.6) is 5.75 Å². The molecule has 1 fully saturated rings. The molecular formula is C24H16Br3ClN2O2S. The second-order valence-electron chi connectivity index (χ2n) is 7.09. The average molecular weight is 672 g/mol. The normalized spacial score (nSPS) is 15.8. The summed E-state index contributed by atoms with van der Waals surface area (Å²) in [6.45, 7) is 2.33. The number of amides is 1. The molecule has 0 saturated carbocycles. The Morgan fingerprint density at radius 1 is 1.09 bits per heavy atom. The third kappa shape index (κ3) is 6.11. The van der Waals surface area contributed by atoms with E-state index in [0.29, 0.717) is 27.5 Å². The highest BCUT2D eigenvalue weighted by atomic mass is 79.9. The van der Waals surface area contributed by atoms with Gasteiger partial charge in [0.05, 0.1) is 19.5 Å². The summed E-state index contributed by atoms with van der Waals surface area (Å²) >= 11 is 18.1. The Kier molecular flexibility index (Phi) is 8.02. The maximum absolute atomic E-state index is 12.5. The number of halogens is 4. The van der Waals surface area contributed by atoms with E-state index in [1.807, 2.05) is 67.6 Å². The lowest BCUT2D eigenvalue weighted by atomic mass is 10.2. The molecule has 4 nitrogen and oxygen atoms in total. The minimum Gasteiger partial charge on any atom is -0.487 e. The summed E-state index contributed by atoms with van der Waals surface area (Å²) < 4.78 is 8.59. The standard InChI is InChI=1S/C24H16Br3ClN2O2S/c1-13-19(28)3-2-4-20(13)29-24-30-23(31)21(33-24)11-15-9-17(26)22(18(27)10-15)32-12-14-5-7-16(25)8-6-14/h2-11H,12H2,1H3,(H,29,30,31)/b21-11+. The van der Waals surface area contributed by atoms with Crippen LogP contribution < -0.4 is 10.1 Å². The molecule has 1 saturated heterocycles. The molecular weight excluding hydrogens is 656 g/mol. The van der Waals surface area contributed by atoms with Crippen LogP contribution in [0, 0.1) is 6.92 Å². The molecule has 0 radical (unpaired) electrons. The van der Waals surface area contributed by atoms with Gasteiger partial charge in [-0.3, -0.25) is 4.79 Å². The van der Waals surface area contributed by atoms with Crippen molar-refractivity contribution < 1.29 is 9.53 Å². The first-order valence-electron chi connectivity index (χ1n) is 9.71. The maximum atomic E-state index is 12.5. The van der Waals surface area contributed by atoms with Crippen molar-refractivity contribution in [2.45, 2.75) is 13.5 Å². The van der Waals surface area contributed by atoms with E-state index < -0.39 is 0 Å². The van der Waals surface area contributed by atoms with Crippen LogP contribution >= 0.6 is 71.2 Å². The van der Waals surface area contributed by atoms with Crippen LogP contribution in [0.15, 0.2) is 77.9 Å². The van der Waals surface area contributed by atoms with Gasteiger partial charge in [0.15, 0.2) is 5.17 Å². The molecule has 0 spiro atoms. The second kappa shape index (κ2) is 10.8. The van der Waals surface area contributed by atoms with Gasteiger partial charge in [-0.2, -0.15) is 0 Å². The molecule has 9 heteroatoms. The molecule has 0 atom stereocenters. The van der Waals surface area contributed by atoms with Gasteiger partial charge in [0.2, 0.25) is 0 Å². The molecule has 1 aliphatic heterocycles. The molecule has 0 bridgehead atoms. The van der Waals surface area contributed by atoms with Gasteiger partial charge in [-0.15, -0.1) is 0 Å². The minimum absolute atomic E-state index is 0.193. The molecule has 3 aromatic rings. The lowest BCUT2D eigenvalue weighted by Crippen LogP contribution is -2.19. The summed E-state index contributed by atoms with van der Waals surface area (Å²) in [5.41, 5.74) is 3.50. The monoisotopic (exact) mass is 668 g/mol. The second-order valence-corrected chi connectivity index (χ2v) is 11.2. The molecule has 4 rings (SSSR count). The van der Waals surface area contributed by atoms with Crippen LogP contribution in [0.3, 0.4) is 0 Å². The highest BCUT2D eigenvalue weighted by Crippen LogP contribution is 2.37. The largest absolute Gasteiger partial charge is 0.487 e. The number of nitrogens with one attached hydrogen (secondary N) is 1. The third-order valence-electron chi connectivity index (χ3n) is 4.73. The number of ether oxygens (including phenoxy) is 1. The fraction of sp³-hybridized carbons (Fsp3) is 0.0833. The highest BCUT2D eigenvalue weighted by molar-refractivity contribution is 9.11. The van der Waals surface area contributed by atoms with Gasteiger partial charge in [-0.05, 0) is 110 Å². The number of aliphatic imine (C=N–C) groups is 1. The van der Waals surface area contributed by atoms with Crippen molar-refractivity contribution in [1.82, 2.24) is 5.32 Å². The summed E-state index contributed by atoms with van der Waals surface area (Å²) in [6.07, 6.45) is 1.82. The fourth-order valence-electron chi connectivity index (χ4n) is 3.00. The quantitative estimate of drug-likeness (QED) is 0.277. The van der Waals surface area contributed by atoms with E-state index in [1.54, 1.807) is 0 Å². The van der Waals surface area contributed by atoms with Gasteiger partial charge < -0.3 is 10.1 Å². The molecule has 33 heavy (non-hydrogen) atoms. The number of hydrogen-bond acceptors (Lipinski definition) is 4. The molecule has 0 unspecified atom stereocenters. The first-order valence-corrected chi connectivity index (χ1v) is 13.3. The van der Waals surface area contributed by atoms with Crippen LogP contribution in [0.4, 0.5) is 5.69 Å². The SMILES string of the molecule is Cc1c(Cl)cccc1N=C1NC(=O)/C(=C\c2cc(Br)c(OCc3ccc(Br)cc3)c(Br)c2)S1. The van der Waals surface area contributed by atoms with E-state index in [4.69, 9.17) is 16.3 Å². The first kappa shape index (κ1) is 24.5. The highest BCUT2D eigenvalue weighted by Gasteiger charge is 2.24. The molecule has 168 valence electrons. The predicted molar refractivity (Wildman–Crippen MR) is 147 cm³/mol. The zero-order chi connectivity index (χ0) is 23.5. The topological polar surface area (TPSA) is 50.7 Å². The van der Waals surface area contributed by atoms with Crippen molar-refractivity contribution in [1.29, 1.82) is 0 Å². The predicted octanol–water partition coefficient (Wildman–Crippen LogP) is 8.41. The van der Waals surface area contributed by atoms with Gasteiger partial charge in [0.1, 0.15) is 12.4 Å². The van der Waals surface area contributed by atoms with Gasteiger partial charge in [0.25, 0.3) is 5.91 Å². The Morgan fingerprint density at radius 2 is 1.79 bits per heavy atom. The van der Waals surface area contributed by atoms with E-state index in [9.17, 15) is 4.79 Å². The fourth-order valence-corrected chi connectivity index (χ4v) is 5.71. The molecule has 0 aliphatic carbocycles. The molecule has 1 aliphatic rings. The molecule has 1 heterocycles. The molecule has 1 amide bonds. The zero-order valence-corrected chi connectivity index (χ0v) is 23.5. The molecule has 3 aromatic carbocycles. The van der Waals surface area contributed by atoms with Gasteiger partial charge >= 0.3 is 0 Å². The summed E-state index contributed by atoms with van der Waals surface area (Å²) in [5, 5.41) is 3.97. The van der Waals surface area contributed by atoms with Crippen molar-refractivity contribution in [3.8, 4) is 5.75 Å². The Morgan fingerprint density at radius 3 is 2.48 bits per heavy atom. The minimum atomic E-state index is -0.193.